The minimum atomic E-state index is -0.589. The number of anilines is 2. The van der Waals surface area contributed by atoms with E-state index in [2.05, 4.69) is 31.6 Å². The second kappa shape index (κ2) is 12.2. The van der Waals surface area contributed by atoms with E-state index >= 15 is 4.39 Å². The molecule has 3 N–H and O–H groups in total. The second-order valence-corrected chi connectivity index (χ2v) is 12.3. The van der Waals surface area contributed by atoms with Gasteiger partial charge in [-0.1, -0.05) is 30.7 Å². The number of piperazine rings is 1. The lowest BCUT2D eigenvalue weighted by Gasteiger charge is -2.44. The SMILES string of the molecule is C=CC(=O)N1C[C@H](C)N(c2nc(OCCN3CCCCC3)nc3c(F)c(-c4c(C)ccc5[nH]nc(N)c45)c(Cl)cc23)C[C@H]1C. The van der Waals surface area contributed by atoms with E-state index < -0.39 is 5.82 Å². The highest BCUT2D eigenvalue weighted by atomic mass is 35.5. The number of piperidine rings is 1. The van der Waals surface area contributed by atoms with Gasteiger partial charge in [-0.3, -0.25) is 14.8 Å². The Morgan fingerprint density at radius 3 is 2.70 bits per heavy atom. The van der Waals surface area contributed by atoms with E-state index in [1.165, 1.54) is 25.3 Å². The predicted molar refractivity (Wildman–Crippen MR) is 173 cm³/mol. The van der Waals surface area contributed by atoms with Gasteiger partial charge in [-0.15, -0.1) is 0 Å². The standard InChI is InChI=1S/C32H38ClFN8O2/c1-5-24(43)41-16-20(4)42(17-19(41)3)31-21-15-22(33)26(25-18(2)9-10-23-27(25)30(35)39-38-23)28(34)29(21)36-32(37-31)44-14-13-40-11-7-6-8-12-40/h5,9-10,15,19-20H,1,6-8,11-14,16-17H2,2-4H3,(H3,35,38,39)/t19-,20+/m1/s1. The first kappa shape index (κ1) is 30.1. The molecule has 4 heterocycles. The number of aromatic amines is 1. The van der Waals surface area contributed by atoms with Gasteiger partial charge in [0.25, 0.3) is 0 Å². The molecule has 2 saturated heterocycles. The van der Waals surface area contributed by atoms with Crippen LogP contribution in [0.2, 0.25) is 5.02 Å². The van der Waals surface area contributed by atoms with Gasteiger partial charge >= 0.3 is 6.01 Å². The van der Waals surface area contributed by atoms with Crippen LogP contribution in [0.5, 0.6) is 6.01 Å². The zero-order valence-corrected chi connectivity index (χ0v) is 26.1. The average molecular weight is 621 g/mol. The van der Waals surface area contributed by atoms with E-state index in [1.807, 2.05) is 32.9 Å². The number of hydrogen-bond donors (Lipinski definition) is 2. The van der Waals surface area contributed by atoms with E-state index in [1.54, 1.807) is 11.0 Å². The molecule has 2 aliphatic heterocycles. The van der Waals surface area contributed by atoms with Gasteiger partial charge in [0, 0.05) is 48.2 Å². The summed E-state index contributed by atoms with van der Waals surface area (Å²) in [4.78, 5) is 28.2. The Morgan fingerprint density at radius 2 is 1.95 bits per heavy atom. The Kier molecular flexibility index (Phi) is 8.34. The van der Waals surface area contributed by atoms with Crippen molar-refractivity contribution in [1.82, 2.24) is 30.0 Å². The fourth-order valence-electron chi connectivity index (χ4n) is 6.53. The van der Waals surface area contributed by atoms with Crippen molar-refractivity contribution in [2.24, 2.45) is 0 Å². The number of nitrogens with zero attached hydrogens (tertiary/aromatic N) is 6. The molecule has 232 valence electrons. The Labute approximate surface area is 261 Å². The number of rotatable bonds is 7. The quantitative estimate of drug-likeness (QED) is 0.266. The molecule has 6 rings (SSSR count). The topological polar surface area (TPSA) is 116 Å². The first-order valence-corrected chi connectivity index (χ1v) is 15.5. The zero-order chi connectivity index (χ0) is 31.1. The number of nitrogens with one attached hydrogen (secondary N) is 1. The molecule has 2 aromatic heterocycles. The number of aromatic nitrogens is 4. The maximum Gasteiger partial charge on any atom is 0.319 e. The lowest BCUT2D eigenvalue weighted by atomic mass is 9.94. The average Bonchev–Trinajstić information content (AvgIpc) is 3.39. The summed E-state index contributed by atoms with van der Waals surface area (Å²) in [5, 5.41) is 8.32. The number of carbonyl (C=O) groups excluding carboxylic acids is 1. The van der Waals surface area contributed by atoms with Crippen molar-refractivity contribution in [1.29, 1.82) is 0 Å². The van der Waals surface area contributed by atoms with E-state index in [0.717, 1.165) is 25.2 Å². The van der Waals surface area contributed by atoms with Gasteiger partial charge in [0.15, 0.2) is 11.6 Å². The van der Waals surface area contributed by atoms with Gasteiger partial charge in [-0.05, 0) is 70.5 Å². The van der Waals surface area contributed by atoms with Gasteiger partial charge in [-0.2, -0.15) is 15.1 Å². The van der Waals surface area contributed by atoms with Gasteiger partial charge in [0.2, 0.25) is 5.91 Å². The summed E-state index contributed by atoms with van der Waals surface area (Å²) in [6.07, 6.45) is 4.93. The zero-order valence-electron chi connectivity index (χ0n) is 25.4. The molecule has 2 aliphatic rings. The fourth-order valence-corrected chi connectivity index (χ4v) is 6.82. The summed E-state index contributed by atoms with van der Waals surface area (Å²) < 4.78 is 23.0. The van der Waals surface area contributed by atoms with Gasteiger partial charge < -0.3 is 20.3 Å². The minimum Gasteiger partial charge on any atom is -0.462 e. The Morgan fingerprint density at radius 1 is 1.18 bits per heavy atom. The third kappa shape index (κ3) is 5.43. The third-order valence-corrected chi connectivity index (χ3v) is 9.16. The van der Waals surface area contributed by atoms with Crippen LogP contribution in [-0.4, -0.2) is 87.3 Å². The molecule has 0 spiro atoms. The number of H-pyrrole nitrogens is 1. The maximum atomic E-state index is 16.9. The molecule has 0 aliphatic carbocycles. The first-order chi connectivity index (χ1) is 21.2. The molecule has 44 heavy (non-hydrogen) atoms. The van der Waals surface area contributed by atoms with Gasteiger partial charge in [0.1, 0.15) is 17.9 Å². The number of likely N-dealkylation sites (tertiary alicyclic amines) is 1. The molecule has 0 unspecified atom stereocenters. The summed E-state index contributed by atoms with van der Waals surface area (Å²) in [5.74, 6) is 0.0572. The van der Waals surface area contributed by atoms with E-state index in [-0.39, 0.29) is 45.9 Å². The van der Waals surface area contributed by atoms with Gasteiger partial charge in [0.05, 0.1) is 15.9 Å². The van der Waals surface area contributed by atoms with Crippen molar-refractivity contribution >= 4 is 50.9 Å². The molecule has 4 aromatic rings. The van der Waals surface area contributed by atoms with Crippen molar-refractivity contribution < 1.29 is 13.9 Å². The van der Waals surface area contributed by atoms with Crippen LogP contribution in [0.4, 0.5) is 16.0 Å². The van der Waals surface area contributed by atoms with Crippen LogP contribution < -0.4 is 15.4 Å². The number of carbonyl (C=O) groups is 1. The summed E-state index contributed by atoms with van der Waals surface area (Å²) in [7, 11) is 0. The van der Waals surface area contributed by atoms with Crippen molar-refractivity contribution in [3.63, 3.8) is 0 Å². The highest BCUT2D eigenvalue weighted by molar-refractivity contribution is 6.35. The monoisotopic (exact) mass is 620 g/mol. The molecule has 0 bridgehead atoms. The molecule has 2 aromatic carbocycles. The maximum absolute atomic E-state index is 16.9. The highest BCUT2D eigenvalue weighted by Gasteiger charge is 2.34. The lowest BCUT2D eigenvalue weighted by molar-refractivity contribution is -0.128. The van der Waals surface area contributed by atoms with E-state index in [9.17, 15) is 4.79 Å². The molecule has 10 nitrogen and oxygen atoms in total. The fraction of sp³-hybridized carbons (Fsp3) is 0.438. The Hall–Kier alpha value is -3.96. The van der Waals surface area contributed by atoms with Crippen LogP contribution in [0, 0.1) is 12.7 Å². The molecular weight excluding hydrogens is 583 g/mol. The molecule has 2 atom stereocenters. The van der Waals surface area contributed by atoms with Crippen molar-refractivity contribution in [3.8, 4) is 17.1 Å². The molecule has 12 heteroatoms. The number of aryl methyl sites for hydroxylation is 1. The normalized spacial score (nSPS) is 19.6. The number of nitrogen functional groups attached to an aromatic ring is 1. The van der Waals surface area contributed by atoms with Crippen molar-refractivity contribution in [3.05, 3.63) is 47.3 Å². The van der Waals surface area contributed by atoms with Crippen LogP contribution in [-0.2, 0) is 4.79 Å². The van der Waals surface area contributed by atoms with Crippen molar-refractivity contribution in [2.75, 3.05) is 50.0 Å². The van der Waals surface area contributed by atoms with Crippen molar-refractivity contribution in [2.45, 2.75) is 52.1 Å². The van der Waals surface area contributed by atoms with E-state index in [4.69, 9.17) is 27.1 Å². The third-order valence-electron chi connectivity index (χ3n) is 8.86. The predicted octanol–water partition coefficient (Wildman–Crippen LogP) is 5.33. The largest absolute Gasteiger partial charge is 0.462 e. The molecule has 0 saturated carbocycles. The molecule has 2 fully saturated rings. The number of ether oxygens (including phenoxy) is 1. The van der Waals surface area contributed by atoms with Crippen LogP contribution >= 0.6 is 11.6 Å². The number of hydrogen-bond acceptors (Lipinski definition) is 8. The van der Waals surface area contributed by atoms with Crippen LogP contribution in [0.1, 0.15) is 38.7 Å². The summed E-state index contributed by atoms with van der Waals surface area (Å²) in [6, 6.07) is 5.29. The lowest BCUT2D eigenvalue weighted by Crippen LogP contribution is -2.58. The number of nitrogens with two attached hydrogens (primary N) is 1. The number of halogens is 2. The summed E-state index contributed by atoms with van der Waals surface area (Å²) >= 11 is 6.92. The Balaban J connectivity index is 1.47. The number of benzene rings is 2. The Bertz CT molecular complexity index is 1740. The minimum absolute atomic E-state index is 0.0962. The molecular formula is C32H38ClFN8O2. The summed E-state index contributed by atoms with van der Waals surface area (Å²) in [5.41, 5.74) is 8.56. The number of amides is 1. The second-order valence-electron chi connectivity index (χ2n) is 11.9. The van der Waals surface area contributed by atoms with Crippen LogP contribution in [0.3, 0.4) is 0 Å². The smallest absolute Gasteiger partial charge is 0.319 e. The van der Waals surface area contributed by atoms with Gasteiger partial charge in [-0.25, -0.2) is 4.39 Å². The molecule has 0 radical (unpaired) electrons. The van der Waals surface area contributed by atoms with Crippen LogP contribution in [0.15, 0.2) is 30.9 Å². The first-order valence-electron chi connectivity index (χ1n) is 15.2. The van der Waals surface area contributed by atoms with Crippen LogP contribution in [0.25, 0.3) is 32.9 Å². The number of fused-ring (bicyclic) bond motifs is 2. The van der Waals surface area contributed by atoms with E-state index in [0.29, 0.717) is 47.4 Å². The molecule has 1 amide bonds. The summed E-state index contributed by atoms with van der Waals surface area (Å²) in [6.45, 7) is 13.6. The highest BCUT2D eigenvalue weighted by Crippen LogP contribution is 2.43.